The third-order valence-electron chi connectivity index (χ3n) is 3.82. The van der Waals surface area contributed by atoms with Crippen molar-refractivity contribution in [3.05, 3.63) is 0 Å². The predicted octanol–water partition coefficient (Wildman–Crippen LogP) is 0.290. The van der Waals surface area contributed by atoms with Crippen molar-refractivity contribution in [3.63, 3.8) is 0 Å². The van der Waals surface area contributed by atoms with Gasteiger partial charge in [0.05, 0.1) is 6.61 Å². The minimum Gasteiger partial charge on any atom is -0.395 e. The van der Waals surface area contributed by atoms with Gasteiger partial charge in [0.15, 0.2) is 0 Å². The largest absolute Gasteiger partial charge is 0.395 e. The highest BCUT2D eigenvalue weighted by molar-refractivity contribution is 5.77. The first-order valence-corrected chi connectivity index (χ1v) is 7.40. The van der Waals surface area contributed by atoms with E-state index in [1.165, 1.54) is 0 Å². The quantitative estimate of drug-likeness (QED) is 0.699. The number of carbonyl (C=O) groups is 1. The summed E-state index contributed by atoms with van der Waals surface area (Å²) in [6, 6.07) is 0.495. The Labute approximate surface area is 117 Å². The maximum absolute atomic E-state index is 12.4. The normalized spacial score (nSPS) is 19.4. The van der Waals surface area contributed by atoms with Crippen molar-refractivity contribution in [3.8, 4) is 0 Å². The minimum absolute atomic E-state index is 0.0493. The van der Waals surface area contributed by atoms with Crippen LogP contribution in [0.4, 0.5) is 0 Å². The van der Waals surface area contributed by atoms with E-state index in [-0.39, 0.29) is 18.6 Å². The average Bonchev–Trinajstić information content (AvgIpc) is 2.37. The second kappa shape index (κ2) is 8.51. The second-order valence-corrected chi connectivity index (χ2v) is 5.51. The van der Waals surface area contributed by atoms with Crippen LogP contribution >= 0.6 is 0 Å². The third kappa shape index (κ3) is 5.47. The number of nitrogens with zero attached hydrogens (tertiary/aromatic N) is 2. The van der Waals surface area contributed by atoms with E-state index in [0.717, 1.165) is 32.5 Å². The van der Waals surface area contributed by atoms with Gasteiger partial charge >= 0.3 is 0 Å². The van der Waals surface area contributed by atoms with Gasteiger partial charge in [-0.05, 0) is 46.4 Å². The molecule has 0 aromatic heterocycles. The highest BCUT2D eigenvalue weighted by Gasteiger charge is 2.27. The molecule has 0 aliphatic carbocycles. The van der Waals surface area contributed by atoms with Crippen LogP contribution in [0.2, 0.25) is 0 Å². The van der Waals surface area contributed by atoms with Gasteiger partial charge in [-0.1, -0.05) is 6.92 Å². The Balaban J connectivity index is 2.53. The van der Waals surface area contributed by atoms with Gasteiger partial charge in [0.2, 0.25) is 5.91 Å². The smallest absolute Gasteiger partial charge is 0.224 e. The number of piperidine rings is 1. The molecule has 1 heterocycles. The van der Waals surface area contributed by atoms with Gasteiger partial charge in [0.1, 0.15) is 0 Å². The molecule has 0 spiro atoms. The maximum Gasteiger partial charge on any atom is 0.224 e. The Morgan fingerprint density at radius 3 is 2.63 bits per heavy atom. The summed E-state index contributed by atoms with van der Waals surface area (Å²) in [5.41, 5.74) is 0. The molecule has 0 radical (unpaired) electrons. The number of aliphatic hydroxyl groups excluding tert-OH is 1. The fourth-order valence-corrected chi connectivity index (χ4v) is 2.73. The zero-order chi connectivity index (χ0) is 14.3. The first kappa shape index (κ1) is 16.4. The summed E-state index contributed by atoms with van der Waals surface area (Å²) in [7, 11) is 2.11. The van der Waals surface area contributed by atoms with Crippen molar-refractivity contribution in [2.24, 2.45) is 0 Å². The van der Waals surface area contributed by atoms with Crippen molar-refractivity contribution in [1.29, 1.82) is 0 Å². The lowest BCUT2D eigenvalue weighted by Gasteiger charge is -2.37. The Hall–Kier alpha value is -0.650. The monoisotopic (exact) mass is 271 g/mol. The van der Waals surface area contributed by atoms with Crippen molar-refractivity contribution >= 4 is 5.91 Å². The standard InChI is InChI=1S/C14H29N3O2/c1-4-15-12(2)11-14(19)17(9-10-18)13-5-7-16(3)8-6-13/h12-13,15,18H,4-11H2,1-3H3. The summed E-state index contributed by atoms with van der Waals surface area (Å²) in [4.78, 5) is 16.5. The SMILES string of the molecule is CCNC(C)CC(=O)N(CCO)C1CCN(C)CC1. The summed E-state index contributed by atoms with van der Waals surface area (Å²) in [5, 5.41) is 12.5. The summed E-state index contributed by atoms with van der Waals surface area (Å²) >= 11 is 0. The van der Waals surface area contributed by atoms with E-state index in [4.69, 9.17) is 0 Å². The topological polar surface area (TPSA) is 55.8 Å². The number of carbonyl (C=O) groups excluding carboxylic acids is 1. The van der Waals surface area contributed by atoms with Crippen LogP contribution in [-0.2, 0) is 4.79 Å². The van der Waals surface area contributed by atoms with E-state index in [1.54, 1.807) is 0 Å². The van der Waals surface area contributed by atoms with Crippen LogP contribution in [0.1, 0.15) is 33.1 Å². The van der Waals surface area contributed by atoms with Crippen LogP contribution in [0.15, 0.2) is 0 Å². The molecular weight excluding hydrogens is 242 g/mol. The van der Waals surface area contributed by atoms with E-state index < -0.39 is 0 Å². The van der Waals surface area contributed by atoms with Crippen LogP contribution in [0, 0.1) is 0 Å². The molecule has 1 aliphatic heterocycles. The first-order chi connectivity index (χ1) is 9.08. The Morgan fingerprint density at radius 2 is 2.11 bits per heavy atom. The van der Waals surface area contributed by atoms with Crippen LogP contribution in [0.25, 0.3) is 0 Å². The molecule has 1 aliphatic rings. The van der Waals surface area contributed by atoms with Crippen LogP contribution in [0.5, 0.6) is 0 Å². The van der Waals surface area contributed by atoms with Gasteiger partial charge in [0.25, 0.3) is 0 Å². The highest BCUT2D eigenvalue weighted by atomic mass is 16.3. The molecule has 1 atom stereocenters. The van der Waals surface area contributed by atoms with Gasteiger partial charge in [-0.2, -0.15) is 0 Å². The minimum atomic E-state index is 0.0493. The number of hydrogen-bond acceptors (Lipinski definition) is 4. The molecule has 19 heavy (non-hydrogen) atoms. The van der Waals surface area contributed by atoms with E-state index in [2.05, 4.69) is 17.3 Å². The fourth-order valence-electron chi connectivity index (χ4n) is 2.73. The average molecular weight is 271 g/mol. The molecule has 1 unspecified atom stereocenters. The van der Waals surface area contributed by atoms with Crippen LogP contribution in [0.3, 0.4) is 0 Å². The van der Waals surface area contributed by atoms with Gasteiger partial charge in [-0.15, -0.1) is 0 Å². The van der Waals surface area contributed by atoms with E-state index in [0.29, 0.717) is 19.0 Å². The van der Waals surface area contributed by atoms with Crippen molar-refractivity contribution in [1.82, 2.24) is 15.1 Å². The van der Waals surface area contributed by atoms with E-state index in [1.807, 2.05) is 18.7 Å². The van der Waals surface area contributed by atoms with Gasteiger partial charge in [0, 0.05) is 25.0 Å². The molecule has 1 rings (SSSR count). The molecule has 1 amide bonds. The molecule has 0 bridgehead atoms. The summed E-state index contributed by atoms with van der Waals surface area (Å²) in [6.07, 6.45) is 2.54. The van der Waals surface area contributed by atoms with Gasteiger partial charge in [-0.25, -0.2) is 0 Å². The molecule has 5 heteroatoms. The second-order valence-electron chi connectivity index (χ2n) is 5.51. The number of amides is 1. The fraction of sp³-hybridized carbons (Fsp3) is 0.929. The number of aliphatic hydroxyl groups is 1. The number of likely N-dealkylation sites (tertiary alicyclic amines) is 1. The molecule has 0 aromatic carbocycles. The molecule has 1 fully saturated rings. The molecule has 5 nitrogen and oxygen atoms in total. The number of hydrogen-bond donors (Lipinski definition) is 2. The first-order valence-electron chi connectivity index (χ1n) is 7.40. The molecule has 0 aromatic rings. The molecule has 112 valence electrons. The predicted molar refractivity (Wildman–Crippen MR) is 77.1 cm³/mol. The molecule has 0 saturated carbocycles. The summed E-state index contributed by atoms with van der Waals surface area (Å²) in [5.74, 6) is 0.164. The maximum atomic E-state index is 12.4. The van der Waals surface area contributed by atoms with Gasteiger partial charge in [-0.3, -0.25) is 4.79 Å². The Kier molecular flexibility index (Phi) is 7.34. The van der Waals surface area contributed by atoms with Crippen LogP contribution < -0.4 is 5.32 Å². The van der Waals surface area contributed by atoms with E-state index in [9.17, 15) is 9.90 Å². The lowest BCUT2D eigenvalue weighted by Crippen LogP contribution is -2.48. The number of rotatable bonds is 7. The molecule has 2 N–H and O–H groups in total. The van der Waals surface area contributed by atoms with Gasteiger partial charge < -0.3 is 20.2 Å². The van der Waals surface area contributed by atoms with Crippen molar-refractivity contribution in [2.75, 3.05) is 39.8 Å². The van der Waals surface area contributed by atoms with Crippen LogP contribution in [-0.4, -0.2) is 72.7 Å². The molecule has 1 saturated heterocycles. The molecular formula is C14H29N3O2. The zero-order valence-corrected chi connectivity index (χ0v) is 12.6. The van der Waals surface area contributed by atoms with Crippen molar-refractivity contribution in [2.45, 2.75) is 45.2 Å². The Bertz CT molecular complexity index is 265. The summed E-state index contributed by atoms with van der Waals surface area (Å²) in [6.45, 7) is 7.53. The third-order valence-corrected chi connectivity index (χ3v) is 3.82. The lowest BCUT2D eigenvalue weighted by molar-refractivity contribution is -0.135. The van der Waals surface area contributed by atoms with Crippen molar-refractivity contribution < 1.29 is 9.90 Å². The zero-order valence-electron chi connectivity index (χ0n) is 12.6. The Morgan fingerprint density at radius 1 is 1.47 bits per heavy atom. The number of nitrogens with one attached hydrogen (secondary N) is 1. The van der Waals surface area contributed by atoms with E-state index >= 15 is 0 Å². The summed E-state index contributed by atoms with van der Waals surface area (Å²) < 4.78 is 0. The highest BCUT2D eigenvalue weighted by Crippen LogP contribution is 2.16. The lowest BCUT2D eigenvalue weighted by atomic mass is 10.0.